The number of anilines is 1. The summed E-state index contributed by atoms with van der Waals surface area (Å²) in [5.41, 5.74) is -0.396. The summed E-state index contributed by atoms with van der Waals surface area (Å²) in [5.74, 6) is -1.38. The molecule has 0 aromatic heterocycles. The zero-order chi connectivity index (χ0) is 17.9. The van der Waals surface area contributed by atoms with Gasteiger partial charge in [-0.25, -0.2) is 0 Å². The monoisotopic (exact) mass is 328 g/mol. The largest absolute Gasteiger partial charge is 0.480 e. The highest BCUT2D eigenvalue weighted by atomic mass is 16.4. The first kappa shape index (κ1) is 18.0. The van der Waals surface area contributed by atoms with Gasteiger partial charge in [0.15, 0.2) is 0 Å². The fourth-order valence-corrected chi connectivity index (χ4v) is 3.89. The third-order valence-corrected chi connectivity index (χ3v) is 5.14. The Bertz CT molecular complexity index is 660. The second kappa shape index (κ2) is 7.04. The first-order chi connectivity index (χ1) is 11.3. The van der Waals surface area contributed by atoms with Gasteiger partial charge in [0.25, 0.3) is 0 Å². The lowest BCUT2D eigenvalue weighted by Crippen LogP contribution is -2.53. The molecular formula is C19H24N2O3. The zero-order valence-corrected chi connectivity index (χ0v) is 14.4. The van der Waals surface area contributed by atoms with Gasteiger partial charge in [0.1, 0.15) is 5.41 Å². The Balaban J connectivity index is 2.34. The van der Waals surface area contributed by atoms with Crippen molar-refractivity contribution in [2.45, 2.75) is 40.0 Å². The number of amides is 1. The second-order valence-electron chi connectivity index (χ2n) is 7.16. The Hall–Kier alpha value is -2.35. The molecule has 2 rings (SSSR count). The van der Waals surface area contributed by atoms with E-state index in [0.29, 0.717) is 17.7 Å². The Morgan fingerprint density at radius 3 is 2.42 bits per heavy atom. The number of aliphatic carboxylic acids is 1. The topological polar surface area (TPSA) is 90.2 Å². The average Bonchev–Trinajstić information content (AvgIpc) is 2.54. The molecule has 5 heteroatoms. The van der Waals surface area contributed by atoms with E-state index in [-0.39, 0.29) is 17.8 Å². The van der Waals surface area contributed by atoms with Gasteiger partial charge in [0.05, 0.1) is 11.6 Å². The molecule has 3 unspecified atom stereocenters. The SMILES string of the molecule is CC1CCC(C(C)C)C(C(=O)O)(C(=O)Nc2ccc(C#N)cc2)C1. The van der Waals surface area contributed by atoms with Crippen molar-refractivity contribution in [1.29, 1.82) is 5.26 Å². The minimum absolute atomic E-state index is 0.111. The number of carboxylic acid groups (broad SMARTS) is 1. The maximum absolute atomic E-state index is 13.0. The van der Waals surface area contributed by atoms with Crippen molar-refractivity contribution in [3.63, 3.8) is 0 Å². The maximum atomic E-state index is 13.0. The van der Waals surface area contributed by atoms with Crippen LogP contribution in [0.4, 0.5) is 5.69 Å². The summed E-state index contributed by atoms with van der Waals surface area (Å²) < 4.78 is 0. The van der Waals surface area contributed by atoms with Crippen molar-refractivity contribution < 1.29 is 14.7 Å². The molecule has 1 saturated carbocycles. The molecule has 0 bridgehead atoms. The molecule has 0 aliphatic heterocycles. The van der Waals surface area contributed by atoms with Gasteiger partial charge in [0, 0.05) is 5.69 Å². The van der Waals surface area contributed by atoms with Crippen molar-refractivity contribution in [1.82, 2.24) is 0 Å². The lowest BCUT2D eigenvalue weighted by Gasteiger charge is -2.43. The van der Waals surface area contributed by atoms with Crippen LogP contribution < -0.4 is 5.32 Å². The number of carbonyl (C=O) groups is 2. The van der Waals surface area contributed by atoms with Crippen LogP contribution in [-0.2, 0) is 9.59 Å². The molecule has 0 heterocycles. The molecule has 3 atom stereocenters. The molecule has 1 aromatic rings. The zero-order valence-electron chi connectivity index (χ0n) is 14.4. The van der Waals surface area contributed by atoms with Crippen LogP contribution in [-0.4, -0.2) is 17.0 Å². The molecule has 24 heavy (non-hydrogen) atoms. The van der Waals surface area contributed by atoms with Gasteiger partial charge in [-0.1, -0.05) is 27.2 Å². The number of nitriles is 1. The molecule has 2 N–H and O–H groups in total. The average molecular weight is 328 g/mol. The van der Waals surface area contributed by atoms with E-state index in [2.05, 4.69) is 5.32 Å². The van der Waals surface area contributed by atoms with Crippen molar-refractivity contribution in [3.05, 3.63) is 29.8 Å². The highest BCUT2D eigenvalue weighted by molar-refractivity contribution is 6.08. The fourth-order valence-electron chi connectivity index (χ4n) is 3.89. The van der Waals surface area contributed by atoms with E-state index < -0.39 is 17.3 Å². The van der Waals surface area contributed by atoms with E-state index in [1.165, 1.54) is 0 Å². The molecule has 5 nitrogen and oxygen atoms in total. The van der Waals surface area contributed by atoms with Gasteiger partial charge in [-0.3, -0.25) is 9.59 Å². The summed E-state index contributed by atoms with van der Waals surface area (Å²) in [6.45, 7) is 5.96. The number of hydrogen-bond donors (Lipinski definition) is 2. The molecule has 1 fully saturated rings. The first-order valence-corrected chi connectivity index (χ1v) is 8.36. The summed E-state index contributed by atoms with van der Waals surface area (Å²) in [6, 6.07) is 8.48. The van der Waals surface area contributed by atoms with E-state index in [0.717, 1.165) is 12.8 Å². The van der Waals surface area contributed by atoms with Gasteiger partial charge in [-0.15, -0.1) is 0 Å². The van der Waals surface area contributed by atoms with Gasteiger partial charge >= 0.3 is 5.97 Å². The van der Waals surface area contributed by atoms with E-state index in [4.69, 9.17) is 5.26 Å². The maximum Gasteiger partial charge on any atom is 0.319 e. The van der Waals surface area contributed by atoms with E-state index >= 15 is 0 Å². The number of hydrogen-bond acceptors (Lipinski definition) is 3. The third kappa shape index (κ3) is 3.28. The van der Waals surface area contributed by atoms with Crippen LogP contribution in [0.5, 0.6) is 0 Å². The lowest BCUT2D eigenvalue weighted by atomic mass is 9.59. The highest BCUT2D eigenvalue weighted by Crippen LogP contribution is 2.48. The normalized spacial score (nSPS) is 26.6. The molecule has 1 aromatic carbocycles. The number of rotatable bonds is 4. The standard InChI is InChI=1S/C19H24N2O3/c1-12(2)16-9-4-13(3)10-19(16,18(23)24)17(22)21-15-7-5-14(11-20)6-8-15/h5-8,12-13,16H,4,9-10H2,1-3H3,(H,21,22)(H,23,24). The van der Waals surface area contributed by atoms with Gasteiger partial charge in [-0.2, -0.15) is 5.26 Å². The lowest BCUT2D eigenvalue weighted by molar-refractivity contribution is -0.164. The predicted octanol–water partition coefficient (Wildman–Crippen LogP) is 3.66. The van der Waals surface area contributed by atoms with Crippen molar-refractivity contribution in [2.75, 3.05) is 5.32 Å². The molecule has 1 amide bonds. The minimum Gasteiger partial charge on any atom is -0.480 e. The fraction of sp³-hybridized carbons (Fsp3) is 0.526. The van der Waals surface area contributed by atoms with Crippen LogP contribution >= 0.6 is 0 Å². The minimum atomic E-state index is -1.40. The van der Waals surface area contributed by atoms with Crippen LogP contribution in [0.1, 0.15) is 45.6 Å². The Kier molecular flexibility index (Phi) is 5.28. The summed E-state index contributed by atoms with van der Waals surface area (Å²) in [6.07, 6.45) is 2.04. The molecule has 1 aliphatic rings. The first-order valence-electron chi connectivity index (χ1n) is 8.36. The predicted molar refractivity (Wildman–Crippen MR) is 91.2 cm³/mol. The number of nitrogens with zero attached hydrogens (tertiary/aromatic N) is 1. The van der Waals surface area contributed by atoms with Crippen LogP contribution in [0.2, 0.25) is 0 Å². The van der Waals surface area contributed by atoms with E-state index in [1.807, 2.05) is 26.8 Å². The molecule has 0 saturated heterocycles. The van der Waals surface area contributed by atoms with Crippen LogP contribution in [0.3, 0.4) is 0 Å². The number of carboxylic acids is 1. The second-order valence-corrected chi connectivity index (χ2v) is 7.16. The molecule has 0 spiro atoms. The summed E-state index contributed by atoms with van der Waals surface area (Å²) >= 11 is 0. The Labute approximate surface area is 142 Å². The highest BCUT2D eigenvalue weighted by Gasteiger charge is 2.55. The van der Waals surface area contributed by atoms with Crippen LogP contribution in [0.15, 0.2) is 24.3 Å². The number of carbonyl (C=O) groups excluding carboxylic acids is 1. The number of nitrogens with one attached hydrogen (secondary N) is 1. The summed E-state index contributed by atoms with van der Waals surface area (Å²) in [5, 5.41) is 21.6. The summed E-state index contributed by atoms with van der Waals surface area (Å²) in [4.78, 5) is 25.2. The third-order valence-electron chi connectivity index (χ3n) is 5.14. The van der Waals surface area contributed by atoms with Gasteiger partial charge in [-0.05, 0) is 54.9 Å². The Morgan fingerprint density at radius 2 is 1.92 bits per heavy atom. The van der Waals surface area contributed by atoms with Gasteiger partial charge < -0.3 is 10.4 Å². The molecule has 128 valence electrons. The van der Waals surface area contributed by atoms with Crippen molar-refractivity contribution in [2.24, 2.45) is 23.2 Å². The summed E-state index contributed by atoms with van der Waals surface area (Å²) in [7, 11) is 0. The van der Waals surface area contributed by atoms with Gasteiger partial charge in [0.2, 0.25) is 5.91 Å². The number of benzene rings is 1. The van der Waals surface area contributed by atoms with Crippen molar-refractivity contribution >= 4 is 17.6 Å². The van der Waals surface area contributed by atoms with E-state index in [1.54, 1.807) is 24.3 Å². The van der Waals surface area contributed by atoms with Crippen LogP contribution in [0, 0.1) is 34.5 Å². The molecular weight excluding hydrogens is 304 g/mol. The van der Waals surface area contributed by atoms with Crippen LogP contribution in [0.25, 0.3) is 0 Å². The molecule has 0 radical (unpaired) electrons. The molecule has 1 aliphatic carbocycles. The van der Waals surface area contributed by atoms with E-state index in [9.17, 15) is 14.7 Å². The smallest absolute Gasteiger partial charge is 0.319 e. The van der Waals surface area contributed by atoms with Crippen molar-refractivity contribution in [3.8, 4) is 6.07 Å². The Morgan fingerprint density at radius 1 is 1.29 bits per heavy atom. The quantitative estimate of drug-likeness (QED) is 0.825.